The molecule has 0 bridgehead atoms. The molecule has 3 aromatic rings. The molecule has 0 saturated carbocycles. The van der Waals surface area contributed by atoms with Crippen molar-refractivity contribution < 1.29 is 23.8 Å². The summed E-state index contributed by atoms with van der Waals surface area (Å²) in [5.74, 6) is 0.146. The van der Waals surface area contributed by atoms with Gasteiger partial charge in [-0.05, 0) is 32.0 Å². The van der Waals surface area contributed by atoms with Gasteiger partial charge in [-0.1, -0.05) is 29.8 Å². The second kappa shape index (κ2) is 9.34. The van der Waals surface area contributed by atoms with Crippen molar-refractivity contribution in [1.29, 1.82) is 0 Å². The molecule has 0 fully saturated rings. The van der Waals surface area contributed by atoms with Gasteiger partial charge >= 0.3 is 5.97 Å². The summed E-state index contributed by atoms with van der Waals surface area (Å²) in [7, 11) is 1.47. The van der Waals surface area contributed by atoms with E-state index in [-0.39, 0.29) is 19.0 Å². The van der Waals surface area contributed by atoms with Crippen LogP contribution in [0, 0.1) is 6.92 Å². The summed E-state index contributed by atoms with van der Waals surface area (Å²) in [6, 6.07) is 12.9. The monoisotopic (exact) mass is 411 g/mol. The number of hydrogen-bond acceptors (Lipinski definition) is 7. The van der Waals surface area contributed by atoms with E-state index < -0.39 is 5.97 Å². The van der Waals surface area contributed by atoms with Crippen molar-refractivity contribution >= 4 is 23.1 Å². The highest BCUT2D eigenvalue weighted by atomic mass is 32.1. The van der Waals surface area contributed by atoms with Gasteiger partial charge in [-0.15, -0.1) is 11.3 Å². The summed E-state index contributed by atoms with van der Waals surface area (Å²) in [4.78, 5) is 28.0. The van der Waals surface area contributed by atoms with E-state index in [0.29, 0.717) is 22.8 Å². The molecule has 0 radical (unpaired) electrons. The van der Waals surface area contributed by atoms with Crippen LogP contribution < -0.4 is 9.47 Å². The number of thiazole rings is 1. The molecule has 0 spiro atoms. The quantitative estimate of drug-likeness (QED) is 0.403. The molecule has 0 saturated heterocycles. The maximum absolute atomic E-state index is 12.0. The Labute approximate surface area is 173 Å². The Morgan fingerprint density at radius 1 is 1.07 bits per heavy atom. The van der Waals surface area contributed by atoms with E-state index in [1.165, 1.54) is 30.9 Å². The molecule has 0 N–H and O–H groups in total. The molecule has 150 valence electrons. The number of ketones is 1. The summed E-state index contributed by atoms with van der Waals surface area (Å²) in [6.45, 7) is 3.30. The van der Waals surface area contributed by atoms with Crippen LogP contribution in [0.15, 0.2) is 47.8 Å². The molecule has 0 unspecified atom stereocenters. The fourth-order valence-corrected chi connectivity index (χ4v) is 3.35. The summed E-state index contributed by atoms with van der Waals surface area (Å²) in [5, 5.41) is 2.75. The number of carbonyl (C=O) groups excluding carboxylic acids is 2. The Hall–Kier alpha value is -3.19. The van der Waals surface area contributed by atoms with Gasteiger partial charge in [0.2, 0.25) is 0 Å². The van der Waals surface area contributed by atoms with Crippen LogP contribution in [0.3, 0.4) is 0 Å². The highest BCUT2D eigenvalue weighted by molar-refractivity contribution is 7.13. The third kappa shape index (κ3) is 5.42. The number of methoxy groups -OCH3 is 1. The maximum Gasteiger partial charge on any atom is 0.344 e. The number of nitrogens with zero attached hydrogens (tertiary/aromatic N) is 1. The topological polar surface area (TPSA) is 74.7 Å². The lowest BCUT2D eigenvalue weighted by atomic mass is 10.1. The first-order valence-corrected chi connectivity index (χ1v) is 9.83. The van der Waals surface area contributed by atoms with Gasteiger partial charge in [0.25, 0.3) is 0 Å². The van der Waals surface area contributed by atoms with E-state index in [4.69, 9.17) is 14.2 Å². The third-order valence-electron chi connectivity index (χ3n) is 4.15. The van der Waals surface area contributed by atoms with Gasteiger partial charge in [-0.25, -0.2) is 9.78 Å². The molecule has 2 aromatic carbocycles. The van der Waals surface area contributed by atoms with Crippen molar-refractivity contribution in [3.63, 3.8) is 0 Å². The van der Waals surface area contributed by atoms with Crippen LogP contribution in [-0.4, -0.2) is 30.5 Å². The Bertz CT molecular complexity index is 1010. The highest BCUT2D eigenvalue weighted by Crippen LogP contribution is 2.28. The largest absolute Gasteiger partial charge is 0.493 e. The van der Waals surface area contributed by atoms with Crippen molar-refractivity contribution in [2.75, 3.05) is 13.7 Å². The highest BCUT2D eigenvalue weighted by Gasteiger charge is 2.12. The molecule has 0 aliphatic rings. The SMILES string of the molecule is COc1cc(C(C)=O)ccc1OCC(=O)OCc1csc(-c2ccc(C)cc2)n1. The smallest absolute Gasteiger partial charge is 0.344 e. The average molecular weight is 411 g/mol. The lowest BCUT2D eigenvalue weighted by Gasteiger charge is -2.11. The summed E-state index contributed by atoms with van der Waals surface area (Å²) in [5.41, 5.74) is 3.40. The molecule has 0 aliphatic heterocycles. The second-order valence-electron chi connectivity index (χ2n) is 6.38. The zero-order chi connectivity index (χ0) is 20.8. The first kappa shape index (κ1) is 20.5. The molecule has 7 heteroatoms. The third-order valence-corrected chi connectivity index (χ3v) is 5.09. The minimum Gasteiger partial charge on any atom is -0.493 e. The van der Waals surface area contributed by atoms with Crippen molar-refractivity contribution in [2.45, 2.75) is 20.5 Å². The summed E-state index contributed by atoms with van der Waals surface area (Å²) < 4.78 is 15.9. The van der Waals surface area contributed by atoms with Gasteiger partial charge < -0.3 is 14.2 Å². The molecular weight excluding hydrogens is 390 g/mol. The van der Waals surface area contributed by atoms with Gasteiger partial charge in [0, 0.05) is 16.5 Å². The van der Waals surface area contributed by atoms with Crippen molar-refractivity contribution in [1.82, 2.24) is 4.98 Å². The van der Waals surface area contributed by atoms with E-state index in [1.807, 2.05) is 36.6 Å². The number of ether oxygens (including phenoxy) is 3. The number of carbonyl (C=O) groups is 2. The Morgan fingerprint density at radius 2 is 1.83 bits per heavy atom. The molecular formula is C22H21NO5S. The average Bonchev–Trinajstić information content (AvgIpc) is 3.20. The molecule has 1 aromatic heterocycles. The number of aromatic nitrogens is 1. The first-order valence-electron chi connectivity index (χ1n) is 8.95. The van der Waals surface area contributed by atoms with Crippen LogP contribution in [0.25, 0.3) is 10.6 Å². The molecule has 29 heavy (non-hydrogen) atoms. The van der Waals surface area contributed by atoms with Gasteiger partial charge in [0.15, 0.2) is 23.9 Å². The molecule has 0 aliphatic carbocycles. The number of aryl methyl sites for hydroxylation is 1. The summed E-state index contributed by atoms with van der Waals surface area (Å²) >= 11 is 1.50. The van der Waals surface area contributed by atoms with E-state index in [9.17, 15) is 9.59 Å². The fraction of sp³-hybridized carbons (Fsp3) is 0.227. The van der Waals surface area contributed by atoms with E-state index in [1.54, 1.807) is 18.2 Å². The van der Waals surface area contributed by atoms with Crippen molar-refractivity contribution in [3.05, 3.63) is 64.7 Å². The van der Waals surface area contributed by atoms with Crippen LogP contribution in [0.5, 0.6) is 11.5 Å². The van der Waals surface area contributed by atoms with Crippen LogP contribution >= 0.6 is 11.3 Å². The molecule has 3 rings (SSSR count). The van der Waals surface area contributed by atoms with Crippen LogP contribution in [0.4, 0.5) is 0 Å². The van der Waals surface area contributed by atoms with Crippen LogP contribution in [0.2, 0.25) is 0 Å². The van der Waals surface area contributed by atoms with Gasteiger partial charge in [-0.2, -0.15) is 0 Å². The first-order chi connectivity index (χ1) is 14.0. The number of esters is 1. The van der Waals surface area contributed by atoms with E-state index in [0.717, 1.165) is 10.6 Å². The zero-order valence-corrected chi connectivity index (χ0v) is 17.2. The fourth-order valence-electron chi connectivity index (χ4n) is 2.54. The van der Waals surface area contributed by atoms with Crippen LogP contribution in [0.1, 0.15) is 28.5 Å². The lowest BCUT2D eigenvalue weighted by Crippen LogP contribution is -2.15. The number of Topliss-reactive ketones (excluding diaryl/α,β-unsaturated/α-hetero) is 1. The lowest BCUT2D eigenvalue weighted by molar-refractivity contribution is -0.147. The standard InChI is InChI=1S/C22H21NO5S/c1-14-4-6-16(7-5-14)22-23-18(13-29-22)11-28-21(25)12-27-19-9-8-17(15(2)24)10-20(19)26-3/h4-10,13H,11-12H2,1-3H3. The molecule has 0 amide bonds. The molecule has 6 nitrogen and oxygen atoms in total. The second-order valence-corrected chi connectivity index (χ2v) is 7.24. The predicted octanol–water partition coefficient (Wildman–Crippen LogP) is 4.45. The van der Waals surface area contributed by atoms with Gasteiger partial charge in [0.1, 0.15) is 11.6 Å². The zero-order valence-electron chi connectivity index (χ0n) is 16.4. The number of rotatable bonds is 8. The Balaban J connectivity index is 1.53. The predicted molar refractivity (Wildman–Crippen MR) is 111 cm³/mol. The van der Waals surface area contributed by atoms with E-state index >= 15 is 0 Å². The number of hydrogen-bond donors (Lipinski definition) is 0. The van der Waals surface area contributed by atoms with Crippen molar-refractivity contribution in [2.24, 2.45) is 0 Å². The number of benzene rings is 2. The van der Waals surface area contributed by atoms with E-state index in [2.05, 4.69) is 4.98 Å². The van der Waals surface area contributed by atoms with Gasteiger partial charge in [0.05, 0.1) is 12.8 Å². The summed E-state index contributed by atoms with van der Waals surface area (Å²) in [6.07, 6.45) is 0. The van der Waals surface area contributed by atoms with Crippen molar-refractivity contribution in [3.8, 4) is 22.1 Å². The Morgan fingerprint density at radius 3 is 2.52 bits per heavy atom. The normalized spacial score (nSPS) is 10.4. The van der Waals surface area contributed by atoms with Crippen LogP contribution in [-0.2, 0) is 16.1 Å². The van der Waals surface area contributed by atoms with Gasteiger partial charge in [-0.3, -0.25) is 4.79 Å². The Kier molecular flexibility index (Phi) is 6.61. The maximum atomic E-state index is 12.0. The molecule has 0 atom stereocenters. The molecule has 1 heterocycles. The minimum absolute atomic E-state index is 0.0744. The minimum atomic E-state index is -0.521.